The number of alkyl halides is 3. The second-order valence-electron chi connectivity index (χ2n) is 2.62. The molecule has 0 saturated carbocycles. The molecular weight excluding hydrogens is 231 g/mol. The minimum absolute atomic E-state index is 0.221. The van der Waals surface area contributed by atoms with Gasteiger partial charge in [0.15, 0.2) is 0 Å². The zero-order chi connectivity index (χ0) is 11.1. The van der Waals surface area contributed by atoms with Crippen molar-refractivity contribution in [3.8, 4) is 11.5 Å². The monoisotopic (exact) mass is 235 g/mol. The number of nitrogens with two attached hydrogens (primary N) is 1. The van der Waals surface area contributed by atoms with Crippen LogP contribution in [-0.2, 0) is 6.18 Å². The second-order valence-corrected chi connectivity index (χ2v) is 3.57. The number of aromatic nitrogens is 2. The summed E-state index contributed by atoms with van der Waals surface area (Å²) in [4.78, 5) is 3.21. The summed E-state index contributed by atoms with van der Waals surface area (Å²) < 4.78 is 40.9. The molecule has 0 amide bonds. The highest BCUT2D eigenvalue weighted by Gasteiger charge is 2.37. The first-order valence-electron chi connectivity index (χ1n) is 3.72. The van der Waals surface area contributed by atoms with Gasteiger partial charge in [-0.2, -0.15) is 18.2 Å². The highest BCUT2D eigenvalue weighted by Crippen LogP contribution is 2.32. The molecule has 4 nitrogen and oxygen atoms in total. The van der Waals surface area contributed by atoms with Gasteiger partial charge >= 0.3 is 6.18 Å². The van der Waals surface area contributed by atoms with Gasteiger partial charge in [-0.15, -0.1) is 11.3 Å². The molecule has 0 bridgehead atoms. The Hall–Kier alpha value is -1.57. The molecule has 2 aromatic rings. The molecule has 2 rings (SSSR count). The van der Waals surface area contributed by atoms with Crippen molar-refractivity contribution in [3.63, 3.8) is 0 Å². The maximum Gasteiger partial charge on any atom is 0.455 e. The van der Waals surface area contributed by atoms with E-state index in [2.05, 4.69) is 14.7 Å². The van der Waals surface area contributed by atoms with Crippen molar-refractivity contribution in [2.24, 2.45) is 0 Å². The van der Waals surface area contributed by atoms with Crippen LogP contribution in [0.1, 0.15) is 5.82 Å². The van der Waals surface area contributed by atoms with Crippen LogP contribution in [0.2, 0.25) is 0 Å². The molecule has 2 heterocycles. The van der Waals surface area contributed by atoms with Crippen LogP contribution in [0.15, 0.2) is 16.0 Å². The summed E-state index contributed by atoms with van der Waals surface area (Å²) in [7, 11) is 0. The van der Waals surface area contributed by atoms with Crippen molar-refractivity contribution >= 4 is 16.3 Å². The topological polar surface area (TPSA) is 64.9 Å². The zero-order valence-electron chi connectivity index (χ0n) is 7.08. The van der Waals surface area contributed by atoms with Gasteiger partial charge in [-0.05, 0) is 11.4 Å². The van der Waals surface area contributed by atoms with Crippen molar-refractivity contribution in [2.75, 3.05) is 5.73 Å². The van der Waals surface area contributed by atoms with Gasteiger partial charge in [-0.25, -0.2) is 0 Å². The van der Waals surface area contributed by atoms with E-state index in [4.69, 9.17) is 5.73 Å². The van der Waals surface area contributed by atoms with Gasteiger partial charge in [0.05, 0.1) is 10.6 Å². The maximum atomic E-state index is 12.1. The first-order chi connectivity index (χ1) is 6.98. The molecule has 0 aromatic carbocycles. The number of nitrogen functional groups attached to an aromatic ring is 1. The predicted molar refractivity (Wildman–Crippen MR) is 47.0 cm³/mol. The summed E-state index contributed by atoms with van der Waals surface area (Å²) >= 11 is 1.18. The Bertz CT molecular complexity index is 476. The number of anilines is 1. The molecule has 0 fully saturated rings. The quantitative estimate of drug-likeness (QED) is 0.824. The Morgan fingerprint density at radius 2 is 2.13 bits per heavy atom. The Balaban J connectivity index is 2.41. The normalized spacial score (nSPS) is 11.9. The first-order valence-corrected chi connectivity index (χ1v) is 4.60. The molecule has 0 aliphatic rings. The molecule has 0 aliphatic heterocycles. The lowest BCUT2D eigenvalue weighted by molar-refractivity contribution is -0.146. The smallest absolute Gasteiger partial charge is 0.390 e. The van der Waals surface area contributed by atoms with Crippen LogP contribution in [0.5, 0.6) is 0 Å². The minimum Gasteiger partial charge on any atom is -0.390 e. The van der Waals surface area contributed by atoms with E-state index in [1.807, 2.05) is 0 Å². The van der Waals surface area contributed by atoms with Crippen LogP contribution in [-0.4, -0.2) is 10.1 Å². The number of nitrogens with zero attached hydrogens (tertiary/aromatic N) is 2. The lowest BCUT2D eigenvalue weighted by Gasteiger charge is -1.96. The van der Waals surface area contributed by atoms with Crippen LogP contribution in [0, 0.1) is 0 Å². The summed E-state index contributed by atoms with van der Waals surface area (Å²) in [6.07, 6.45) is -4.60. The Morgan fingerprint density at radius 3 is 2.60 bits per heavy atom. The molecule has 80 valence electrons. The fraction of sp³-hybridized carbons (Fsp3) is 0.143. The minimum atomic E-state index is -4.60. The van der Waals surface area contributed by atoms with Gasteiger partial charge in [0, 0.05) is 0 Å². The lowest BCUT2D eigenvalue weighted by Crippen LogP contribution is -2.07. The first kappa shape index (κ1) is 9.97. The van der Waals surface area contributed by atoms with Crippen molar-refractivity contribution in [3.05, 3.63) is 17.3 Å². The molecular formula is C7H4F3N3OS. The average molecular weight is 235 g/mol. The SMILES string of the molecule is Nc1sccc1-c1nc(C(F)(F)F)no1. The highest BCUT2D eigenvalue weighted by molar-refractivity contribution is 7.14. The van der Waals surface area contributed by atoms with Crippen LogP contribution >= 0.6 is 11.3 Å². The zero-order valence-corrected chi connectivity index (χ0v) is 7.89. The van der Waals surface area contributed by atoms with Crippen LogP contribution in [0.4, 0.5) is 18.2 Å². The van der Waals surface area contributed by atoms with Gasteiger partial charge in [0.25, 0.3) is 11.7 Å². The Kier molecular flexibility index (Phi) is 2.14. The molecule has 8 heteroatoms. The number of hydrogen-bond acceptors (Lipinski definition) is 5. The molecule has 15 heavy (non-hydrogen) atoms. The summed E-state index contributed by atoms with van der Waals surface area (Å²) in [5.74, 6) is -1.52. The van der Waals surface area contributed by atoms with Crippen LogP contribution in [0.25, 0.3) is 11.5 Å². The van der Waals surface area contributed by atoms with Gasteiger partial charge in [-0.1, -0.05) is 5.16 Å². The van der Waals surface area contributed by atoms with E-state index in [1.165, 1.54) is 17.4 Å². The molecule has 0 spiro atoms. The van der Waals surface area contributed by atoms with Gasteiger partial charge in [0.2, 0.25) is 0 Å². The second kappa shape index (κ2) is 3.23. The number of rotatable bonds is 1. The maximum absolute atomic E-state index is 12.1. The largest absolute Gasteiger partial charge is 0.455 e. The van der Waals surface area contributed by atoms with E-state index in [0.717, 1.165) is 0 Å². The Morgan fingerprint density at radius 1 is 1.40 bits per heavy atom. The third kappa shape index (κ3) is 1.80. The number of thiophene rings is 1. The highest BCUT2D eigenvalue weighted by atomic mass is 32.1. The van der Waals surface area contributed by atoms with E-state index in [-0.39, 0.29) is 5.89 Å². The molecule has 0 aliphatic carbocycles. The third-order valence-corrected chi connectivity index (χ3v) is 2.35. The summed E-state index contributed by atoms with van der Waals surface area (Å²) in [6, 6.07) is 1.52. The van der Waals surface area contributed by atoms with Gasteiger partial charge < -0.3 is 10.3 Å². The van der Waals surface area contributed by atoms with E-state index >= 15 is 0 Å². The lowest BCUT2D eigenvalue weighted by atomic mass is 10.3. The summed E-state index contributed by atoms with van der Waals surface area (Å²) in [5, 5.41) is 4.79. The molecule has 0 atom stereocenters. The molecule has 0 unspecified atom stereocenters. The van der Waals surface area contributed by atoms with Crippen molar-refractivity contribution in [1.82, 2.24) is 10.1 Å². The molecule has 0 saturated heterocycles. The summed E-state index contributed by atoms with van der Waals surface area (Å²) in [5.41, 5.74) is 5.82. The van der Waals surface area contributed by atoms with Crippen LogP contribution < -0.4 is 5.73 Å². The molecule has 2 aromatic heterocycles. The van der Waals surface area contributed by atoms with Crippen LogP contribution in [0.3, 0.4) is 0 Å². The van der Waals surface area contributed by atoms with Crippen molar-refractivity contribution in [1.29, 1.82) is 0 Å². The molecule has 0 radical (unpaired) electrons. The number of hydrogen-bond donors (Lipinski definition) is 1. The average Bonchev–Trinajstić information content (AvgIpc) is 2.69. The fourth-order valence-electron chi connectivity index (χ4n) is 0.946. The standard InChI is InChI=1S/C7H4F3N3OS/c8-7(9,10)6-12-5(14-13-6)3-1-2-15-4(3)11/h1-2H,11H2. The van der Waals surface area contributed by atoms with Crippen molar-refractivity contribution < 1.29 is 17.7 Å². The predicted octanol–water partition coefficient (Wildman–Crippen LogP) is 2.40. The van der Waals surface area contributed by atoms with E-state index in [0.29, 0.717) is 10.6 Å². The van der Waals surface area contributed by atoms with Gasteiger partial charge in [0.1, 0.15) is 0 Å². The molecule has 2 N–H and O–H groups in total. The van der Waals surface area contributed by atoms with E-state index < -0.39 is 12.0 Å². The van der Waals surface area contributed by atoms with Gasteiger partial charge in [-0.3, -0.25) is 0 Å². The van der Waals surface area contributed by atoms with Crippen molar-refractivity contribution in [2.45, 2.75) is 6.18 Å². The fourth-order valence-corrected chi connectivity index (χ4v) is 1.58. The number of halogens is 3. The third-order valence-electron chi connectivity index (χ3n) is 1.61. The van der Waals surface area contributed by atoms with E-state index in [1.54, 1.807) is 5.38 Å². The summed E-state index contributed by atoms with van der Waals surface area (Å²) in [6.45, 7) is 0. The Labute approximate surface area is 85.5 Å². The van der Waals surface area contributed by atoms with E-state index in [9.17, 15) is 13.2 Å².